The molecule has 0 aromatic rings. The Labute approximate surface area is 89.5 Å². The highest BCUT2D eigenvalue weighted by Crippen LogP contribution is 2.47. The van der Waals surface area contributed by atoms with Gasteiger partial charge in [-0.1, -0.05) is 12.2 Å². The van der Waals surface area contributed by atoms with E-state index >= 15 is 0 Å². The molecule has 2 rings (SSSR count). The molecule has 3 nitrogen and oxygen atoms in total. The number of ketones is 1. The van der Waals surface area contributed by atoms with E-state index in [0.29, 0.717) is 11.8 Å². The summed E-state index contributed by atoms with van der Waals surface area (Å²) in [5.41, 5.74) is 0. The summed E-state index contributed by atoms with van der Waals surface area (Å²) in [5.74, 6) is 0.177. The largest absolute Gasteiger partial charge is 0.468 e. The van der Waals surface area contributed by atoms with Gasteiger partial charge in [-0.3, -0.25) is 9.59 Å². The van der Waals surface area contributed by atoms with Gasteiger partial charge in [-0.15, -0.1) is 0 Å². The van der Waals surface area contributed by atoms with Crippen molar-refractivity contribution in [2.45, 2.75) is 19.8 Å². The predicted octanol–water partition coefficient (Wildman–Crippen LogP) is 1.58. The first-order valence-electron chi connectivity index (χ1n) is 5.40. The maximum Gasteiger partial charge on any atom is 0.316 e. The van der Waals surface area contributed by atoms with Crippen molar-refractivity contribution in [3.8, 4) is 0 Å². The first kappa shape index (κ1) is 10.4. The molecule has 4 atom stereocenters. The highest BCUT2D eigenvalue weighted by atomic mass is 16.5. The predicted molar refractivity (Wildman–Crippen MR) is 55.0 cm³/mol. The van der Waals surface area contributed by atoms with Gasteiger partial charge in [0.05, 0.1) is 7.11 Å². The minimum Gasteiger partial charge on any atom is -0.468 e. The molecule has 0 amide bonds. The molecule has 0 aromatic carbocycles. The molecule has 4 unspecified atom stereocenters. The van der Waals surface area contributed by atoms with Gasteiger partial charge in [0, 0.05) is 0 Å². The SMILES string of the molecule is COC(=O)C(C(C)=O)C1CC2C=CC1C2. The quantitative estimate of drug-likeness (QED) is 0.402. The number of esters is 1. The molecule has 2 aliphatic rings. The fourth-order valence-electron chi connectivity index (χ4n) is 2.98. The molecule has 15 heavy (non-hydrogen) atoms. The fraction of sp³-hybridized carbons (Fsp3) is 0.667. The van der Waals surface area contributed by atoms with E-state index in [0.717, 1.165) is 12.8 Å². The second kappa shape index (κ2) is 3.80. The number of carbonyl (C=O) groups is 2. The van der Waals surface area contributed by atoms with Crippen molar-refractivity contribution in [2.24, 2.45) is 23.7 Å². The summed E-state index contributed by atoms with van der Waals surface area (Å²) in [7, 11) is 1.35. The summed E-state index contributed by atoms with van der Waals surface area (Å²) < 4.78 is 4.71. The maximum absolute atomic E-state index is 11.5. The number of hydrogen-bond donors (Lipinski definition) is 0. The first-order chi connectivity index (χ1) is 7.13. The van der Waals surface area contributed by atoms with Crippen molar-refractivity contribution in [2.75, 3.05) is 7.11 Å². The van der Waals surface area contributed by atoms with E-state index in [9.17, 15) is 9.59 Å². The van der Waals surface area contributed by atoms with Crippen molar-refractivity contribution in [3.63, 3.8) is 0 Å². The van der Waals surface area contributed by atoms with Gasteiger partial charge in [0.2, 0.25) is 0 Å². The summed E-state index contributed by atoms with van der Waals surface area (Å²) in [6, 6.07) is 0. The summed E-state index contributed by atoms with van der Waals surface area (Å²) in [6.45, 7) is 1.48. The van der Waals surface area contributed by atoms with Gasteiger partial charge in [0.15, 0.2) is 0 Å². The summed E-state index contributed by atoms with van der Waals surface area (Å²) in [6.07, 6.45) is 6.42. The number of carbonyl (C=O) groups excluding carboxylic acids is 2. The Morgan fingerprint density at radius 1 is 1.33 bits per heavy atom. The standard InChI is InChI=1S/C12H16O3/c1-7(13)11(12(14)15-2)10-6-8-3-4-9(10)5-8/h3-4,8-11H,5-6H2,1-2H3. The van der Waals surface area contributed by atoms with Crippen molar-refractivity contribution < 1.29 is 14.3 Å². The zero-order valence-corrected chi connectivity index (χ0v) is 9.10. The van der Waals surface area contributed by atoms with Gasteiger partial charge >= 0.3 is 5.97 Å². The van der Waals surface area contributed by atoms with Crippen LogP contribution in [0, 0.1) is 23.7 Å². The molecular weight excluding hydrogens is 192 g/mol. The topological polar surface area (TPSA) is 43.4 Å². The Bertz CT molecular complexity index is 319. The van der Waals surface area contributed by atoms with Crippen LogP contribution in [0.2, 0.25) is 0 Å². The number of rotatable bonds is 3. The molecule has 1 fully saturated rings. The monoisotopic (exact) mass is 208 g/mol. The second-order valence-electron chi connectivity index (χ2n) is 4.56. The molecule has 0 heterocycles. The zero-order valence-electron chi connectivity index (χ0n) is 9.10. The van der Waals surface area contributed by atoms with Crippen LogP contribution >= 0.6 is 0 Å². The van der Waals surface area contributed by atoms with Gasteiger partial charge in [-0.05, 0) is 37.5 Å². The molecule has 3 heteroatoms. The minimum absolute atomic E-state index is 0.0622. The molecule has 0 radical (unpaired) electrons. The van der Waals surface area contributed by atoms with Crippen LogP contribution in [-0.4, -0.2) is 18.9 Å². The van der Waals surface area contributed by atoms with Crippen molar-refractivity contribution in [3.05, 3.63) is 12.2 Å². The molecule has 82 valence electrons. The van der Waals surface area contributed by atoms with E-state index < -0.39 is 5.92 Å². The van der Waals surface area contributed by atoms with E-state index in [2.05, 4.69) is 12.2 Å². The van der Waals surface area contributed by atoms with Crippen LogP contribution in [0.5, 0.6) is 0 Å². The van der Waals surface area contributed by atoms with Gasteiger partial charge in [-0.2, -0.15) is 0 Å². The lowest BCUT2D eigenvalue weighted by Crippen LogP contribution is -2.33. The highest BCUT2D eigenvalue weighted by Gasteiger charge is 2.44. The maximum atomic E-state index is 11.5. The number of allylic oxidation sites excluding steroid dienone is 2. The van der Waals surface area contributed by atoms with Gasteiger partial charge in [0.1, 0.15) is 11.7 Å². The molecule has 2 aliphatic carbocycles. The second-order valence-corrected chi connectivity index (χ2v) is 4.56. The van der Waals surface area contributed by atoms with Crippen LogP contribution in [-0.2, 0) is 14.3 Å². The molecule has 0 spiro atoms. The molecule has 0 N–H and O–H groups in total. The third kappa shape index (κ3) is 1.71. The fourth-order valence-corrected chi connectivity index (χ4v) is 2.98. The molecule has 2 bridgehead atoms. The molecule has 0 aliphatic heterocycles. The van der Waals surface area contributed by atoms with Gasteiger partial charge in [0.25, 0.3) is 0 Å². The first-order valence-corrected chi connectivity index (χ1v) is 5.40. The van der Waals surface area contributed by atoms with Crippen molar-refractivity contribution in [1.29, 1.82) is 0 Å². The molecule has 1 saturated carbocycles. The van der Waals surface area contributed by atoms with Gasteiger partial charge in [-0.25, -0.2) is 0 Å². The van der Waals surface area contributed by atoms with Crippen LogP contribution in [0.4, 0.5) is 0 Å². The Kier molecular flexibility index (Phi) is 2.63. The number of Topliss-reactive ketones (excluding diaryl/α,β-unsaturated/α-hetero) is 1. The van der Waals surface area contributed by atoms with E-state index in [1.54, 1.807) is 0 Å². The number of hydrogen-bond acceptors (Lipinski definition) is 3. The Hall–Kier alpha value is -1.12. The highest BCUT2D eigenvalue weighted by molar-refractivity contribution is 5.98. The Morgan fingerprint density at radius 3 is 2.47 bits per heavy atom. The van der Waals surface area contributed by atoms with Crippen molar-refractivity contribution in [1.82, 2.24) is 0 Å². The van der Waals surface area contributed by atoms with E-state index in [1.165, 1.54) is 14.0 Å². The number of methoxy groups -OCH3 is 1. The van der Waals surface area contributed by atoms with Crippen molar-refractivity contribution >= 4 is 11.8 Å². The molecule has 0 saturated heterocycles. The Morgan fingerprint density at radius 2 is 2.07 bits per heavy atom. The third-order valence-electron chi connectivity index (χ3n) is 3.65. The lowest BCUT2D eigenvalue weighted by molar-refractivity contribution is -0.151. The molecular formula is C12H16O3. The van der Waals surface area contributed by atoms with Crippen LogP contribution in [0.1, 0.15) is 19.8 Å². The average molecular weight is 208 g/mol. The normalized spacial score (nSPS) is 34.1. The summed E-state index contributed by atoms with van der Waals surface area (Å²) >= 11 is 0. The van der Waals surface area contributed by atoms with Crippen LogP contribution in [0.25, 0.3) is 0 Å². The summed E-state index contributed by atoms with van der Waals surface area (Å²) in [5, 5.41) is 0. The minimum atomic E-state index is -0.546. The molecule has 0 aromatic heterocycles. The van der Waals surface area contributed by atoms with Gasteiger partial charge < -0.3 is 4.74 Å². The number of ether oxygens (including phenoxy) is 1. The summed E-state index contributed by atoms with van der Waals surface area (Å²) in [4.78, 5) is 23.0. The van der Waals surface area contributed by atoms with Crippen LogP contribution in [0.15, 0.2) is 12.2 Å². The lowest BCUT2D eigenvalue weighted by Gasteiger charge is -2.24. The number of fused-ring (bicyclic) bond motifs is 2. The van der Waals surface area contributed by atoms with Crippen LogP contribution < -0.4 is 0 Å². The van der Waals surface area contributed by atoms with E-state index in [4.69, 9.17) is 4.74 Å². The van der Waals surface area contributed by atoms with E-state index in [-0.39, 0.29) is 17.7 Å². The smallest absolute Gasteiger partial charge is 0.316 e. The van der Waals surface area contributed by atoms with Crippen LogP contribution in [0.3, 0.4) is 0 Å². The average Bonchev–Trinajstić information content (AvgIpc) is 2.78. The Balaban J connectivity index is 2.16. The third-order valence-corrected chi connectivity index (χ3v) is 3.65. The lowest BCUT2D eigenvalue weighted by atomic mass is 9.80. The van der Waals surface area contributed by atoms with E-state index in [1.807, 2.05) is 0 Å². The zero-order chi connectivity index (χ0) is 11.0.